The van der Waals surface area contributed by atoms with Crippen LogP contribution in [0.1, 0.15) is 10.4 Å². The molecule has 0 bridgehead atoms. The van der Waals surface area contributed by atoms with Crippen LogP contribution in [0.25, 0.3) is 10.9 Å². The van der Waals surface area contributed by atoms with E-state index in [0.717, 1.165) is 10.9 Å². The van der Waals surface area contributed by atoms with Crippen LogP contribution in [0.2, 0.25) is 0 Å². The summed E-state index contributed by atoms with van der Waals surface area (Å²) in [6, 6.07) is 9.21. The van der Waals surface area contributed by atoms with Gasteiger partial charge in [-0.1, -0.05) is 12.1 Å². The van der Waals surface area contributed by atoms with Crippen LogP contribution >= 0.6 is 11.3 Å². The minimum Gasteiger partial charge on any atom is -0.327 e. The molecule has 2 aromatic heterocycles. The van der Waals surface area contributed by atoms with Gasteiger partial charge in [-0.15, -0.1) is 11.3 Å². The third-order valence-corrected chi connectivity index (χ3v) is 3.68. The van der Waals surface area contributed by atoms with Crippen LogP contribution in [0.3, 0.4) is 0 Å². The highest BCUT2D eigenvalue weighted by Crippen LogP contribution is 2.17. The SMILES string of the molecule is Cn1ccsc1=NC(=O)c1cccc2ncccc12. The second kappa shape index (κ2) is 4.78. The molecule has 0 saturated heterocycles. The van der Waals surface area contributed by atoms with Gasteiger partial charge in [0.1, 0.15) is 0 Å². The number of carbonyl (C=O) groups excluding carboxylic acids is 1. The topological polar surface area (TPSA) is 47.2 Å². The Labute approximate surface area is 113 Å². The predicted octanol–water partition coefficient (Wildman–Crippen LogP) is 2.38. The van der Waals surface area contributed by atoms with Crippen LogP contribution in [-0.2, 0) is 7.05 Å². The lowest BCUT2D eigenvalue weighted by Crippen LogP contribution is -2.12. The van der Waals surface area contributed by atoms with E-state index in [0.29, 0.717) is 10.4 Å². The Hall–Kier alpha value is -2.27. The van der Waals surface area contributed by atoms with Gasteiger partial charge in [0.2, 0.25) is 0 Å². The van der Waals surface area contributed by atoms with E-state index in [1.807, 2.05) is 47.5 Å². The third kappa shape index (κ3) is 2.20. The van der Waals surface area contributed by atoms with E-state index in [9.17, 15) is 4.79 Å². The van der Waals surface area contributed by atoms with Gasteiger partial charge in [-0.2, -0.15) is 4.99 Å². The van der Waals surface area contributed by atoms with Crippen molar-refractivity contribution in [2.45, 2.75) is 0 Å². The zero-order chi connectivity index (χ0) is 13.2. The highest BCUT2D eigenvalue weighted by Gasteiger charge is 2.09. The first-order chi connectivity index (χ1) is 9.25. The average molecular weight is 269 g/mol. The summed E-state index contributed by atoms with van der Waals surface area (Å²) in [6.45, 7) is 0. The molecule has 3 aromatic rings. The van der Waals surface area contributed by atoms with E-state index >= 15 is 0 Å². The van der Waals surface area contributed by atoms with Crippen LogP contribution in [0, 0.1) is 0 Å². The fraction of sp³-hybridized carbons (Fsp3) is 0.0714. The summed E-state index contributed by atoms with van der Waals surface area (Å²) in [5.41, 5.74) is 1.39. The zero-order valence-corrected chi connectivity index (χ0v) is 11.1. The van der Waals surface area contributed by atoms with E-state index in [-0.39, 0.29) is 5.91 Å². The van der Waals surface area contributed by atoms with Gasteiger partial charge in [-0.3, -0.25) is 9.78 Å². The van der Waals surface area contributed by atoms with E-state index in [1.54, 1.807) is 12.3 Å². The molecule has 3 rings (SSSR count). The standard InChI is InChI=1S/C14H11N3OS/c1-17-8-9-19-14(17)16-13(18)11-4-2-6-12-10(11)5-3-7-15-12/h2-9H,1H3. The fourth-order valence-electron chi connectivity index (χ4n) is 1.87. The highest BCUT2D eigenvalue weighted by atomic mass is 32.1. The molecule has 4 nitrogen and oxygen atoms in total. The highest BCUT2D eigenvalue weighted by molar-refractivity contribution is 7.07. The van der Waals surface area contributed by atoms with Crippen molar-refractivity contribution in [1.29, 1.82) is 0 Å². The molecule has 0 aliphatic carbocycles. The monoisotopic (exact) mass is 269 g/mol. The van der Waals surface area contributed by atoms with Crippen LogP contribution < -0.4 is 4.80 Å². The number of pyridine rings is 1. The first kappa shape index (κ1) is 11.8. The molecule has 0 N–H and O–H groups in total. The van der Waals surface area contributed by atoms with Crippen LogP contribution in [-0.4, -0.2) is 15.5 Å². The number of amides is 1. The molecule has 1 amide bonds. The van der Waals surface area contributed by atoms with Crippen molar-refractivity contribution in [3.05, 3.63) is 58.5 Å². The van der Waals surface area contributed by atoms with Crippen LogP contribution in [0.4, 0.5) is 0 Å². The molecule has 0 spiro atoms. The van der Waals surface area contributed by atoms with Crippen LogP contribution in [0.5, 0.6) is 0 Å². The summed E-state index contributed by atoms with van der Waals surface area (Å²) in [6.07, 6.45) is 3.59. The minimum absolute atomic E-state index is 0.239. The second-order valence-corrected chi connectivity index (χ2v) is 4.96. The maximum Gasteiger partial charge on any atom is 0.280 e. The third-order valence-electron chi connectivity index (χ3n) is 2.83. The van der Waals surface area contributed by atoms with Crippen molar-refractivity contribution in [3.63, 3.8) is 0 Å². The Kier molecular flexibility index (Phi) is 2.97. The molecule has 0 atom stereocenters. The first-order valence-electron chi connectivity index (χ1n) is 5.78. The molecule has 2 heterocycles. The molecule has 19 heavy (non-hydrogen) atoms. The number of benzene rings is 1. The van der Waals surface area contributed by atoms with Crippen molar-refractivity contribution in [2.24, 2.45) is 12.0 Å². The molecule has 0 radical (unpaired) electrons. The maximum atomic E-state index is 12.3. The van der Waals surface area contributed by atoms with Gasteiger partial charge in [0, 0.05) is 30.2 Å². The Morgan fingerprint density at radius 2 is 2.21 bits per heavy atom. The number of aryl methyl sites for hydroxylation is 1. The number of hydrogen-bond acceptors (Lipinski definition) is 3. The van der Waals surface area contributed by atoms with Gasteiger partial charge in [0.05, 0.1) is 11.1 Å². The largest absolute Gasteiger partial charge is 0.327 e. The quantitative estimate of drug-likeness (QED) is 0.681. The molecular formula is C14H11N3OS. The molecular weight excluding hydrogens is 258 g/mol. The van der Waals surface area contributed by atoms with Crippen molar-refractivity contribution < 1.29 is 4.79 Å². The molecule has 0 unspecified atom stereocenters. The van der Waals surface area contributed by atoms with Gasteiger partial charge >= 0.3 is 0 Å². The average Bonchev–Trinajstić information content (AvgIpc) is 2.83. The number of thiazole rings is 1. The molecule has 0 aliphatic rings. The van der Waals surface area contributed by atoms with E-state index in [2.05, 4.69) is 9.98 Å². The first-order valence-corrected chi connectivity index (χ1v) is 6.66. The molecule has 0 aliphatic heterocycles. The number of rotatable bonds is 1. The minimum atomic E-state index is -0.239. The lowest BCUT2D eigenvalue weighted by atomic mass is 10.1. The molecule has 94 valence electrons. The maximum absolute atomic E-state index is 12.3. The summed E-state index contributed by atoms with van der Waals surface area (Å²) in [7, 11) is 1.87. The normalized spacial score (nSPS) is 11.9. The second-order valence-electron chi connectivity index (χ2n) is 4.09. The van der Waals surface area contributed by atoms with E-state index in [4.69, 9.17) is 0 Å². The van der Waals surface area contributed by atoms with Gasteiger partial charge in [-0.05, 0) is 18.2 Å². The van der Waals surface area contributed by atoms with Crippen LogP contribution in [0.15, 0.2) is 53.1 Å². The van der Waals surface area contributed by atoms with Gasteiger partial charge < -0.3 is 4.57 Å². The summed E-state index contributed by atoms with van der Waals surface area (Å²) in [4.78, 5) is 21.4. The number of fused-ring (bicyclic) bond motifs is 1. The molecule has 0 saturated carbocycles. The smallest absolute Gasteiger partial charge is 0.280 e. The Bertz CT molecular complexity index is 811. The Morgan fingerprint density at radius 1 is 1.32 bits per heavy atom. The fourth-order valence-corrected chi connectivity index (χ4v) is 2.60. The number of aromatic nitrogens is 2. The van der Waals surface area contributed by atoms with E-state index in [1.165, 1.54) is 11.3 Å². The number of nitrogens with zero attached hydrogens (tertiary/aromatic N) is 3. The summed E-state index contributed by atoms with van der Waals surface area (Å²) in [5.74, 6) is -0.239. The number of hydrogen-bond donors (Lipinski definition) is 0. The van der Waals surface area contributed by atoms with Crippen molar-refractivity contribution >= 4 is 28.1 Å². The lowest BCUT2D eigenvalue weighted by Gasteiger charge is -2.01. The number of carbonyl (C=O) groups is 1. The van der Waals surface area contributed by atoms with Crippen molar-refractivity contribution in [1.82, 2.24) is 9.55 Å². The summed E-state index contributed by atoms with van der Waals surface area (Å²) >= 11 is 1.44. The van der Waals surface area contributed by atoms with Gasteiger partial charge in [-0.25, -0.2) is 0 Å². The Morgan fingerprint density at radius 3 is 3.00 bits per heavy atom. The lowest BCUT2D eigenvalue weighted by molar-refractivity contribution is 0.0999. The van der Waals surface area contributed by atoms with Gasteiger partial charge in [0.15, 0.2) is 4.80 Å². The van der Waals surface area contributed by atoms with Gasteiger partial charge in [0.25, 0.3) is 5.91 Å². The van der Waals surface area contributed by atoms with Crippen molar-refractivity contribution in [2.75, 3.05) is 0 Å². The summed E-state index contributed by atoms with van der Waals surface area (Å²) in [5, 5.41) is 2.73. The molecule has 1 aromatic carbocycles. The predicted molar refractivity (Wildman–Crippen MR) is 74.9 cm³/mol. The van der Waals surface area contributed by atoms with Crippen molar-refractivity contribution in [3.8, 4) is 0 Å². The zero-order valence-electron chi connectivity index (χ0n) is 10.3. The molecule has 5 heteroatoms. The Balaban J connectivity index is 2.16. The summed E-state index contributed by atoms with van der Waals surface area (Å²) < 4.78 is 1.83. The molecule has 0 fully saturated rings. The van der Waals surface area contributed by atoms with E-state index < -0.39 is 0 Å².